The molecule has 0 bridgehead atoms. The lowest BCUT2D eigenvalue weighted by atomic mass is 9.86. The first kappa shape index (κ1) is 13.6. The van der Waals surface area contributed by atoms with Gasteiger partial charge >= 0.3 is 0 Å². The quantitative estimate of drug-likeness (QED) is 0.862. The van der Waals surface area contributed by atoms with Crippen molar-refractivity contribution < 1.29 is 0 Å². The number of nitrogens with zero attached hydrogens (tertiary/aromatic N) is 3. The van der Waals surface area contributed by atoms with Crippen molar-refractivity contribution in [2.45, 2.75) is 51.1 Å². The van der Waals surface area contributed by atoms with Crippen molar-refractivity contribution >= 4 is 0 Å². The van der Waals surface area contributed by atoms with Crippen molar-refractivity contribution in [2.75, 3.05) is 13.1 Å². The molecule has 1 aromatic rings. The fourth-order valence-corrected chi connectivity index (χ4v) is 2.96. The molecule has 1 aromatic heterocycles. The van der Waals surface area contributed by atoms with E-state index in [1.807, 2.05) is 19.4 Å². The standard InChI is InChI=1S/C14H26N4/c1-4-14(2,18-8-5-6-9-18)12(15)11-13-16-7-10-17(13)3/h7,10,12H,4-6,8-9,11,15H2,1-3H3. The van der Waals surface area contributed by atoms with Gasteiger partial charge in [-0.2, -0.15) is 0 Å². The highest BCUT2D eigenvalue weighted by Crippen LogP contribution is 2.28. The second kappa shape index (κ2) is 5.41. The molecule has 1 fully saturated rings. The van der Waals surface area contributed by atoms with Crippen LogP contribution in [0.3, 0.4) is 0 Å². The zero-order valence-corrected chi connectivity index (χ0v) is 11.9. The molecule has 4 heteroatoms. The van der Waals surface area contributed by atoms with Crippen LogP contribution < -0.4 is 5.73 Å². The molecule has 1 aliphatic rings. The molecule has 2 N–H and O–H groups in total. The molecule has 2 heterocycles. The van der Waals surface area contributed by atoms with Crippen LogP contribution in [0.25, 0.3) is 0 Å². The van der Waals surface area contributed by atoms with E-state index in [1.165, 1.54) is 25.9 Å². The van der Waals surface area contributed by atoms with Crippen molar-refractivity contribution in [3.63, 3.8) is 0 Å². The maximum Gasteiger partial charge on any atom is 0.109 e. The fraction of sp³-hybridized carbons (Fsp3) is 0.786. The van der Waals surface area contributed by atoms with E-state index in [0.717, 1.165) is 18.7 Å². The summed E-state index contributed by atoms with van der Waals surface area (Å²) in [4.78, 5) is 6.96. The first-order valence-electron chi connectivity index (χ1n) is 7.04. The first-order valence-corrected chi connectivity index (χ1v) is 7.04. The zero-order chi connectivity index (χ0) is 13.2. The molecule has 2 atom stereocenters. The van der Waals surface area contributed by atoms with Crippen LogP contribution >= 0.6 is 0 Å². The summed E-state index contributed by atoms with van der Waals surface area (Å²) < 4.78 is 2.07. The van der Waals surface area contributed by atoms with Crippen molar-refractivity contribution in [3.05, 3.63) is 18.2 Å². The lowest BCUT2D eigenvalue weighted by molar-refractivity contribution is 0.0988. The van der Waals surface area contributed by atoms with Gasteiger partial charge in [0.25, 0.3) is 0 Å². The Morgan fingerprint density at radius 3 is 2.61 bits per heavy atom. The molecule has 2 rings (SSSR count). The number of likely N-dealkylation sites (tertiary alicyclic amines) is 1. The predicted molar refractivity (Wildman–Crippen MR) is 74.4 cm³/mol. The normalized spacial score (nSPS) is 22.0. The van der Waals surface area contributed by atoms with E-state index in [2.05, 4.69) is 28.3 Å². The minimum Gasteiger partial charge on any atom is -0.338 e. The van der Waals surface area contributed by atoms with E-state index >= 15 is 0 Å². The largest absolute Gasteiger partial charge is 0.338 e. The number of aromatic nitrogens is 2. The highest BCUT2D eigenvalue weighted by atomic mass is 15.2. The van der Waals surface area contributed by atoms with Gasteiger partial charge in [0.1, 0.15) is 5.82 Å². The topological polar surface area (TPSA) is 47.1 Å². The van der Waals surface area contributed by atoms with Crippen LogP contribution in [0.2, 0.25) is 0 Å². The Bertz CT molecular complexity index is 381. The Morgan fingerprint density at radius 1 is 1.44 bits per heavy atom. The molecule has 18 heavy (non-hydrogen) atoms. The molecule has 1 aliphatic heterocycles. The van der Waals surface area contributed by atoms with Crippen LogP contribution in [0.15, 0.2) is 12.4 Å². The Balaban J connectivity index is 2.09. The van der Waals surface area contributed by atoms with Crippen molar-refractivity contribution in [3.8, 4) is 0 Å². The summed E-state index contributed by atoms with van der Waals surface area (Å²) in [5, 5.41) is 0. The Labute approximate surface area is 110 Å². The molecule has 0 saturated carbocycles. The highest BCUT2D eigenvalue weighted by Gasteiger charge is 2.37. The summed E-state index contributed by atoms with van der Waals surface area (Å²) in [6, 6.07) is 0.140. The van der Waals surface area contributed by atoms with E-state index in [0.29, 0.717) is 0 Å². The number of rotatable bonds is 5. The Hall–Kier alpha value is -0.870. The van der Waals surface area contributed by atoms with Crippen LogP contribution in [0.5, 0.6) is 0 Å². The van der Waals surface area contributed by atoms with Crippen molar-refractivity contribution in [2.24, 2.45) is 12.8 Å². The highest BCUT2D eigenvalue weighted by molar-refractivity contribution is 5.03. The molecule has 0 spiro atoms. The van der Waals surface area contributed by atoms with Gasteiger partial charge in [-0.05, 0) is 39.3 Å². The average molecular weight is 250 g/mol. The average Bonchev–Trinajstić information content (AvgIpc) is 3.01. The fourth-order valence-electron chi connectivity index (χ4n) is 2.96. The zero-order valence-electron chi connectivity index (χ0n) is 11.9. The Morgan fingerprint density at radius 2 is 2.11 bits per heavy atom. The molecule has 0 amide bonds. The lowest BCUT2D eigenvalue weighted by Gasteiger charge is -2.42. The number of imidazole rings is 1. The van der Waals surface area contributed by atoms with E-state index in [-0.39, 0.29) is 11.6 Å². The van der Waals surface area contributed by atoms with Gasteiger partial charge in [-0.3, -0.25) is 4.90 Å². The number of aryl methyl sites for hydroxylation is 1. The van der Waals surface area contributed by atoms with Gasteiger partial charge in [-0.1, -0.05) is 6.92 Å². The van der Waals surface area contributed by atoms with Gasteiger partial charge in [0.05, 0.1) is 0 Å². The molecule has 1 saturated heterocycles. The van der Waals surface area contributed by atoms with Crippen LogP contribution in [0.4, 0.5) is 0 Å². The summed E-state index contributed by atoms with van der Waals surface area (Å²) in [6.07, 6.45) is 8.40. The smallest absolute Gasteiger partial charge is 0.109 e. The molecule has 2 unspecified atom stereocenters. The molecule has 102 valence electrons. The maximum atomic E-state index is 6.51. The summed E-state index contributed by atoms with van der Waals surface area (Å²) in [6.45, 7) is 6.94. The van der Waals surface area contributed by atoms with E-state index < -0.39 is 0 Å². The summed E-state index contributed by atoms with van der Waals surface area (Å²) in [5.41, 5.74) is 6.61. The third-order valence-corrected chi connectivity index (χ3v) is 4.67. The van der Waals surface area contributed by atoms with Crippen molar-refractivity contribution in [1.29, 1.82) is 0 Å². The molecular weight excluding hydrogens is 224 g/mol. The molecule has 0 aliphatic carbocycles. The maximum absolute atomic E-state index is 6.51. The molecular formula is C14H26N4. The van der Waals surface area contributed by atoms with Crippen LogP contribution in [-0.2, 0) is 13.5 Å². The van der Waals surface area contributed by atoms with Gasteiger partial charge in [-0.25, -0.2) is 4.98 Å². The van der Waals surface area contributed by atoms with Gasteiger partial charge < -0.3 is 10.3 Å². The van der Waals surface area contributed by atoms with E-state index in [9.17, 15) is 0 Å². The summed E-state index contributed by atoms with van der Waals surface area (Å²) in [5.74, 6) is 1.08. The second-order valence-corrected chi connectivity index (χ2v) is 5.67. The minimum absolute atomic E-state index is 0.0997. The molecule has 0 radical (unpaired) electrons. The monoisotopic (exact) mass is 250 g/mol. The molecule has 0 aromatic carbocycles. The minimum atomic E-state index is 0.0997. The SMILES string of the molecule is CCC(C)(C(N)Cc1nccn1C)N1CCCC1. The number of hydrogen-bond acceptors (Lipinski definition) is 3. The number of nitrogens with two attached hydrogens (primary N) is 1. The summed E-state index contributed by atoms with van der Waals surface area (Å²) >= 11 is 0. The van der Waals surface area contributed by atoms with Gasteiger partial charge in [0.15, 0.2) is 0 Å². The third kappa shape index (κ3) is 2.45. The van der Waals surface area contributed by atoms with Gasteiger partial charge in [0, 0.05) is 37.4 Å². The van der Waals surface area contributed by atoms with Crippen LogP contribution in [0.1, 0.15) is 38.9 Å². The van der Waals surface area contributed by atoms with E-state index in [1.54, 1.807) is 0 Å². The third-order valence-electron chi connectivity index (χ3n) is 4.67. The van der Waals surface area contributed by atoms with Crippen molar-refractivity contribution in [1.82, 2.24) is 14.5 Å². The van der Waals surface area contributed by atoms with Crippen LogP contribution in [-0.4, -0.2) is 39.1 Å². The Kier molecular flexibility index (Phi) is 4.07. The second-order valence-electron chi connectivity index (χ2n) is 5.67. The first-order chi connectivity index (χ1) is 8.58. The molecule has 4 nitrogen and oxygen atoms in total. The lowest BCUT2D eigenvalue weighted by Crippen LogP contribution is -2.57. The summed E-state index contributed by atoms with van der Waals surface area (Å²) in [7, 11) is 2.04. The van der Waals surface area contributed by atoms with E-state index in [4.69, 9.17) is 5.73 Å². The van der Waals surface area contributed by atoms with Gasteiger partial charge in [-0.15, -0.1) is 0 Å². The van der Waals surface area contributed by atoms with Gasteiger partial charge in [0.2, 0.25) is 0 Å². The van der Waals surface area contributed by atoms with Crippen LogP contribution in [0, 0.1) is 0 Å². The number of hydrogen-bond donors (Lipinski definition) is 1. The predicted octanol–water partition coefficient (Wildman–Crippen LogP) is 1.55.